The molecule has 8 heteroatoms. The van der Waals surface area contributed by atoms with Gasteiger partial charge in [0, 0.05) is 33.4 Å². The topological polar surface area (TPSA) is 70.6 Å². The van der Waals surface area contributed by atoms with E-state index in [-0.39, 0.29) is 16.1 Å². The van der Waals surface area contributed by atoms with Crippen LogP contribution in [-0.2, 0) is 14.8 Å². The maximum absolute atomic E-state index is 12.3. The summed E-state index contributed by atoms with van der Waals surface area (Å²) < 4.78 is 26.1. The molecule has 0 bridgehead atoms. The van der Waals surface area contributed by atoms with Crippen LogP contribution >= 0.6 is 11.8 Å². The first-order chi connectivity index (χ1) is 10.2. The third-order valence-corrected chi connectivity index (χ3v) is 6.21. The lowest BCUT2D eigenvalue weighted by atomic mass is 10.4. The van der Waals surface area contributed by atoms with Gasteiger partial charge in [0.2, 0.25) is 15.9 Å². The molecule has 6 nitrogen and oxygen atoms in total. The summed E-state index contributed by atoms with van der Waals surface area (Å²) in [6, 6.07) is 3.18. The highest BCUT2D eigenvalue weighted by molar-refractivity contribution is 8.00. The van der Waals surface area contributed by atoms with Gasteiger partial charge in [0.05, 0.1) is 10.3 Å². The molecule has 0 spiro atoms. The SMILES string of the molecule is CCN(CC)S(=O)(=O)c1ccc(SC(C)C(=O)N(C)C)nc1. The highest BCUT2D eigenvalue weighted by Gasteiger charge is 2.22. The second-order valence-corrected chi connectivity index (χ2v) is 8.21. The molecule has 1 aromatic heterocycles. The molecule has 1 unspecified atom stereocenters. The summed E-state index contributed by atoms with van der Waals surface area (Å²) in [5.41, 5.74) is 0. The van der Waals surface area contributed by atoms with E-state index in [0.29, 0.717) is 18.1 Å². The van der Waals surface area contributed by atoms with Crippen LogP contribution in [0.1, 0.15) is 20.8 Å². The third kappa shape index (κ3) is 4.44. The zero-order valence-electron chi connectivity index (χ0n) is 13.6. The van der Waals surface area contributed by atoms with E-state index < -0.39 is 10.0 Å². The molecule has 1 heterocycles. The highest BCUT2D eigenvalue weighted by atomic mass is 32.2. The van der Waals surface area contributed by atoms with Crippen molar-refractivity contribution < 1.29 is 13.2 Å². The molecular weight excluding hydrogens is 322 g/mol. The van der Waals surface area contributed by atoms with Gasteiger partial charge in [-0.15, -0.1) is 0 Å². The van der Waals surface area contributed by atoms with Gasteiger partial charge in [0.1, 0.15) is 4.90 Å². The van der Waals surface area contributed by atoms with Crippen LogP contribution in [0, 0.1) is 0 Å². The van der Waals surface area contributed by atoms with Gasteiger partial charge < -0.3 is 4.90 Å². The van der Waals surface area contributed by atoms with Crippen molar-refractivity contribution in [1.29, 1.82) is 0 Å². The van der Waals surface area contributed by atoms with Crippen molar-refractivity contribution in [1.82, 2.24) is 14.2 Å². The Morgan fingerprint density at radius 2 is 1.86 bits per heavy atom. The molecule has 0 aliphatic heterocycles. The number of carbonyl (C=O) groups excluding carboxylic acids is 1. The van der Waals surface area contributed by atoms with E-state index in [1.165, 1.54) is 33.2 Å². The van der Waals surface area contributed by atoms with E-state index >= 15 is 0 Å². The average molecular weight is 345 g/mol. The highest BCUT2D eigenvalue weighted by Crippen LogP contribution is 2.24. The minimum absolute atomic E-state index is 0.00774. The molecule has 1 rings (SSSR count). The van der Waals surface area contributed by atoms with Crippen molar-refractivity contribution >= 4 is 27.7 Å². The Hall–Kier alpha value is -1.12. The zero-order chi connectivity index (χ0) is 16.9. The number of rotatable bonds is 7. The number of sulfonamides is 1. The summed E-state index contributed by atoms with van der Waals surface area (Å²) in [4.78, 5) is 17.7. The number of thioether (sulfide) groups is 1. The van der Waals surface area contributed by atoms with Gasteiger partial charge in [0.25, 0.3) is 0 Å². The molecule has 1 atom stereocenters. The van der Waals surface area contributed by atoms with Crippen molar-refractivity contribution in [3.05, 3.63) is 18.3 Å². The number of aromatic nitrogens is 1. The zero-order valence-corrected chi connectivity index (χ0v) is 15.2. The van der Waals surface area contributed by atoms with Crippen molar-refractivity contribution in [2.45, 2.75) is 35.9 Å². The van der Waals surface area contributed by atoms with Gasteiger partial charge in [-0.2, -0.15) is 4.31 Å². The van der Waals surface area contributed by atoms with E-state index in [9.17, 15) is 13.2 Å². The van der Waals surface area contributed by atoms with Crippen molar-refractivity contribution in [2.24, 2.45) is 0 Å². The van der Waals surface area contributed by atoms with E-state index in [2.05, 4.69) is 4.98 Å². The number of hydrogen-bond donors (Lipinski definition) is 0. The molecule has 0 aliphatic rings. The van der Waals surface area contributed by atoms with Gasteiger partial charge in [-0.3, -0.25) is 4.79 Å². The van der Waals surface area contributed by atoms with Gasteiger partial charge >= 0.3 is 0 Å². The van der Waals surface area contributed by atoms with Crippen LogP contribution in [0.5, 0.6) is 0 Å². The second kappa shape index (κ2) is 7.94. The van der Waals surface area contributed by atoms with Crippen LogP contribution < -0.4 is 0 Å². The van der Waals surface area contributed by atoms with E-state index in [1.54, 1.807) is 40.9 Å². The molecule has 0 fully saturated rings. The number of amides is 1. The Labute approximate surface area is 137 Å². The van der Waals surface area contributed by atoms with Gasteiger partial charge in [0.15, 0.2) is 0 Å². The lowest BCUT2D eigenvalue weighted by molar-refractivity contribution is -0.127. The maximum Gasteiger partial charge on any atom is 0.244 e. The molecule has 1 amide bonds. The Bertz CT molecular complexity index is 596. The molecule has 0 aliphatic carbocycles. The molecule has 124 valence electrons. The standard InChI is InChI=1S/C14H23N3O3S2/c1-6-17(7-2)22(19,20)12-8-9-13(15-10-12)21-11(3)14(18)16(4)5/h8-11H,6-7H2,1-5H3. The summed E-state index contributed by atoms with van der Waals surface area (Å²) in [5.74, 6) is -0.00774. The molecule has 0 radical (unpaired) electrons. The largest absolute Gasteiger partial charge is 0.348 e. The summed E-state index contributed by atoms with van der Waals surface area (Å²) in [7, 11) is -0.0879. The number of hydrogen-bond acceptors (Lipinski definition) is 5. The third-order valence-electron chi connectivity index (χ3n) is 3.14. The Kier molecular flexibility index (Phi) is 6.83. The van der Waals surface area contributed by atoms with Gasteiger partial charge in [-0.1, -0.05) is 25.6 Å². The number of nitrogens with zero attached hydrogens (tertiary/aromatic N) is 3. The Morgan fingerprint density at radius 1 is 1.27 bits per heavy atom. The van der Waals surface area contributed by atoms with Crippen LogP contribution in [0.25, 0.3) is 0 Å². The summed E-state index contributed by atoms with van der Waals surface area (Å²) in [5, 5.41) is 0.355. The fraction of sp³-hybridized carbons (Fsp3) is 0.571. The average Bonchev–Trinajstić information content (AvgIpc) is 2.47. The number of pyridine rings is 1. The molecule has 0 aromatic carbocycles. The molecular formula is C14H23N3O3S2. The van der Waals surface area contributed by atoms with Gasteiger partial charge in [-0.25, -0.2) is 13.4 Å². The molecule has 0 saturated carbocycles. The minimum Gasteiger partial charge on any atom is -0.348 e. The predicted octanol–water partition coefficient (Wildman–Crippen LogP) is 1.68. The van der Waals surface area contributed by atoms with Gasteiger partial charge in [-0.05, 0) is 19.1 Å². The van der Waals surface area contributed by atoms with Crippen LogP contribution in [0.15, 0.2) is 28.3 Å². The van der Waals surface area contributed by atoms with E-state index in [4.69, 9.17) is 0 Å². The fourth-order valence-electron chi connectivity index (χ4n) is 1.90. The normalized spacial score (nSPS) is 13.2. The Balaban J connectivity index is 2.90. The van der Waals surface area contributed by atoms with Crippen LogP contribution in [0.4, 0.5) is 0 Å². The van der Waals surface area contributed by atoms with Crippen molar-refractivity contribution in [2.75, 3.05) is 27.2 Å². The lowest BCUT2D eigenvalue weighted by Crippen LogP contribution is -2.30. The van der Waals surface area contributed by atoms with Crippen LogP contribution in [-0.4, -0.2) is 60.9 Å². The monoisotopic (exact) mass is 345 g/mol. The summed E-state index contributed by atoms with van der Waals surface area (Å²) >= 11 is 1.31. The minimum atomic E-state index is -3.49. The van der Waals surface area contributed by atoms with Crippen LogP contribution in [0.2, 0.25) is 0 Å². The van der Waals surface area contributed by atoms with E-state index in [1.807, 2.05) is 0 Å². The molecule has 0 saturated heterocycles. The van der Waals surface area contributed by atoms with Crippen LogP contribution in [0.3, 0.4) is 0 Å². The smallest absolute Gasteiger partial charge is 0.244 e. The second-order valence-electron chi connectivity index (χ2n) is 4.91. The van der Waals surface area contributed by atoms with Crippen molar-refractivity contribution in [3.63, 3.8) is 0 Å². The maximum atomic E-state index is 12.3. The number of carbonyl (C=O) groups is 1. The Morgan fingerprint density at radius 3 is 2.27 bits per heavy atom. The molecule has 22 heavy (non-hydrogen) atoms. The first kappa shape index (κ1) is 18.9. The summed E-state index contributed by atoms with van der Waals surface area (Å²) in [6.07, 6.45) is 1.35. The first-order valence-corrected chi connectivity index (χ1v) is 9.40. The quantitative estimate of drug-likeness (QED) is 0.703. The van der Waals surface area contributed by atoms with E-state index in [0.717, 1.165) is 0 Å². The fourth-order valence-corrected chi connectivity index (χ4v) is 4.23. The predicted molar refractivity (Wildman–Crippen MR) is 88.4 cm³/mol. The lowest BCUT2D eigenvalue weighted by Gasteiger charge is -2.18. The van der Waals surface area contributed by atoms with Crippen molar-refractivity contribution in [3.8, 4) is 0 Å². The first-order valence-electron chi connectivity index (χ1n) is 7.08. The molecule has 0 N–H and O–H groups in total. The molecule has 1 aromatic rings. The summed E-state index contributed by atoms with van der Waals surface area (Å²) in [6.45, 7) is 6.24.